The summed E-state index contributed by atoms with van der Waals surface area (Å²) in [5, 5.41) is 6.58. The predicted octanol–water partition coefficient (Wildman–Crippen LogP) is 2.40. The van der Waals surface area contributed by atoms with Gasteiger partial charge in [0.1, 0.15) is 5.75 Å². The second-order valence-electron chi connectivity index (χ2n) is 6.10. The van der Waals surface area contributed by atoms with Gasteiger partial charge in [0.15, 0.2) is 0 Å². The van der Waals surface area contributed by atoms with Gasteiger partial charge in [-0.2, -0.15) is 0 Å². The summed E-state index contributed by atoms with van der Waals surface area (Å²) in [6.07, 6.45) is 5.67. The van der Waals surface area contributed by atoms with Gasteiger partial charge >= 0.3 is 0 Å². The van der Waals surface area contributed by atoms with Crippen molar-refractivity contribution < 1.29 is 9.53 Å². The SMILES string of the molecule is COc1ccc(C(NC(=O)[C@H]2CCCCN2)C2CC2)cc1. The van der Waals surface area contributed by atoms with Crippen LogP contribution in [0, 0.1) is 5.92 Å². The summed E-state index contributed by atoms with van der Waals surface area (Å²) in [6.45, 7) is 0.953. The Morgan fingerprint density at radius 3 is 2.57 bits per heavy atom. The van der Waals surface area contributed by atoms with Gasteiger partial charge in [-0.3, -0.25) is 4.79 Å². The first-order chi connectivity index (χ1) is 10.3. The number of methoxy groups -OCH3 is 1. The smallest absolute Gasteiger partial charge is 0.237 e. The summed E-state index contributed by atoms with van der Waals surface area (Å²) < 4.78 is 5.20. The lowest BCUT2D eigenvalue weighted by atomic mass is 10.00. The number of amides is 1. The van der Waals surface area contributed by atoms with Gasteiger partial charge in [-0.15, -0.1) is 0 Å². The van der Waals surface area contributed by atoms with Crippen LogP contribution in [0.15, 0.2) is 24.3 Å². The van der Waals surface area contributed by atoms with E-state index in [9.17, 15) is 4.79 Å². The van der Waals surface area contributed by atoms with Crippen LogP contribution >= 0.6 is 0 Å². The Labute approximate surface area is 126 Å². The molecule has 2 fully saturated rings. The molecule has 1 heterocycles. The molecule has 2 atom stereocenters. The van der Waals surface area contributed by atoms with Crippen molar-refractivity contribution in [2.75, 3.05) is 13.7 Å². The van der Waals surface area contributed by atoms with Crippen LogP contribution in [0.3, 0.4) is 0 Å². The van der Waals surface area contributed by atoms with E-state index in [4.69, 9.17) is 4.74 Å². The van der Waals surface area contributed by atoms with Crippen molar-refractivity contribution in [1.29, 1.82) is 0 Å². The van der Waals surface area contributed by atoms with Gasteiger partial charge in [0.05, 0.1) is 19.2 Å². The fraction of sp³-hybridized carbons (Fsp3) is 0.588. The van der Waals surface area contributed by atoms with Gasteiger partial charge in [0.2, 0.25) is 5.91 Å². The fourth-order valence-corrected chi connectivity index (χ4v) is 3.04. The molecular formula is C17H24N2O2. The van der Waals surface area contributed by atoms with Gasteiger partial charge in [-0.25, -0.2) is 0 Å². The van der Waals surface area contributed by atoms with E-state index in [1.165, 1.54) is 24.8 Å². The van der Waals surface area contributed by atoms with E-state index in [0.29, 0.717) is 5.92 Å². The molecule has 1 amide bonds. The van der Waals surface area contributed by atoms with E-state index in [-0.39, 0.29) is 18.0 Å². The molecule has 1 aliphatic heterocycles. The van der Waals surface area contributed by atoms with Crippen LogP contribution in [-0.2, 0) is 4.79 Å². The Morgan fingerprint density at radius 1 is 1.24 bits per heavy atom. The fourth-order valence-electron chi connectivity index (χ4n) is 3.04. The third-order valence-electron chi connectivity index (χ3n) is 4.49. The Hall–Kier alpha value is -1.55. The number of nitrogens with one attached hydrogen (secondary N) is 2. The third-order valence-corrected chi connectivity index (χ3v) is 4.49. The monoisotopic (exact) mass is 288 g/mol. The Morgan fingerprint density at radius 2 is 2.00 bits per heavy atom. The van der Waals surface area contributed by atoms with Crippen LogP contribution in [0.5, 0.6) is 5.75 Å². The van der Waals surface area contributed by atoms with E-state index >= 15 is 0 Å². The zero-order valence-electron chi connectivity index (χ0n) is 12.6. The lowest BCUT2D eigenvalue weighted by Gasteiger charge is -2.26. The molecule has 2 aliphatic rings. The Kier molecular flexibility index (Phi) is 4.44. The highest BCUT2D eigenvalue weighted by atomic mass is 16.5. The molecule has 1 saturated carbocycles. The van der Waals surface area contributed by atoms with Gasteiger partial charge in [-0.1, -0.05) is 18.6 Å². The van der Waals surface area contributed by atoms with Crippen LogP contribution in [0.1, 0.15) is 43.7 Å². The van der Waals surface area contributed by atoms with Crippen LogP contribution in [0.25, 0.3) is 0 Å². The Bertz CT molecular complexity index is 476. The minimum absolute atomic E-state index is 0.0155. The van der Waals surface area contributed by atoms with Gasteiger partial charge in [-0.05, 0) is 55.8 Å². The first kappa shape index (κ1) is 14.4. The van der Waals surface area contributed by atoms with E-state index in [1.807, 2.05) is 12.1 Å². The number of hydrogen-bond acceptors (Lipinski definition) is 3. The average molecular weight is 288 g/mol. The second kappa shape index (κ2) is 6.48. The molecular weight excluding hydrogens is 264 g/mol. The second-order valence-corrected chi connectivity index (χ2v) is 6.10. The number of ether oxygens (including phenoxy) is 1. The van der Waals surface area contributed by atoms with Crippen molar-refractivity contribution in [3.63, 3.8) is 0 Å². The minimum atomic E-state index is -0.0155. The van der Waals surface area contributed by atoms with Crippen LogP contribution in [-0.4, -0.2) is 25.6 Å². The molecule has 1 unspecified atom stereocenters. The molecule has 0 aromatic heterocycles. The molecule has 2 N–H and O–H groups in total. The summed E-state index contributed by atoms with van der Waals surface area (Å²) in [5.74, 6) is 1.60. The predicted molar refractivity (Wildman–Crippen MR) is 82.2 cm³/mol. The van der Waals surface area contributed by atoms with Gasteiger partial charge < -0.3 is 15.4 Å². The van der Waals surface area contributed by atoms with Crippen molar-refractivity contribution in [3.8, 4) is 5.75 Å². The number of hydrogen-bond donors (Lipinski definition) is 2. The van der Waals surface area contributed by atoms with Crippen LogP contribution in [0.4, 0.5) is 0 Å². The average Bonchev–Trinajstić information content (AvgIpc) is 3.38. The summed E-state index contributed by atoms with van der Waals surface area (Å²) >= 11 is 0. The van der Waals surface area contributed by atoms with E-state index in [2.05, 4.69) is 22.8 Å². The zero-order valence-corrected chi connectivity index (χ0v) is 12.6. The summed E-state index contributed by atoms with van der Waals surface area (Å²) in [6, 6.07) is 8.20. The molecule has 0 spiro atoms. The first-order valence-corrected chi connectivity index (χ1v) is 7.95. The molecule has 1 aromatic carbocycles. The highest BCUT2D eigenvalue weighted by Crippen LogP contribution is 2.41. The minimum Gasteiger partial charge on any atom is -0.497 e. The largest absolute Gasteiger partial charge is 0.497 e. The highest BCUT2D eigenvalue weighted by Gasteiger charge is 2.34. The quantitative estimate of drug-likeness (QED) is 0.875. The lowest BCUT2D eigenvalue weighted by Crippen LogP contribution is -2.47. The number of carbonyl (C=O) groups excluding carboxylic acids is 1. The molecule has 1 aromatic rings. The molecule has 114 valence electrons. The maximum Gasteiger partial charge on any atom is 0.237 e. The lowest BCUT2D eigenvalue weighted by molar-refractivity contribution is -0.124. The van der Waals surface area contributed by atoms with Crippen molar-refractivity contribution in [2.45, 2.75) is 44.2 Å². The number of benzene rings is 1. The van der Waals surface area contributed by atoms with Crippen LogP contribution in [0.2, 0.25) is 0 Å². The third kappa shape index (κ3) is 3.56. The summed E-state index contributed by atoms with van der Waals surface area (Å²) in [4.78, 5) is 12.4. The molecule has 4 heteroatoms. The van der Waals surface area contributed by atoms with E-state index < -0.39 is 0 Å². The van der Waals surface area contributed by atoms with Gasteiger partial charge in [0.25, 0.3) is 0 Å². The van der Waals surface area contributed by atoms with Crippen LogP contribution < -0.4 is 15.4 Å². The zero-order chi connectivity index (χ0) is 14.7. The summed E-state index contributed by atoms with van der Waals surface area (Å²) in [7, 11) is 1.67. The maximum atomic E-state index is 12.4. The summed E-state index contributed by atoms with van der Waals surface area (Å²) in [5.41, 5.74) is 1.18. The maximum absolute atomic E-state index is 12.4. The molecule has 3 rings (SSSR count). The van der Waals surface area contributed by atoms with Crippen molar-refractivity contribution in [1.82, 2.24) is 10.6 Å². The molecule has 21 heavy (non-hydrogen) atoms. The molecule has 1 saturated heterocycles. The van der Waals surface area contributed by atoms with E-state index in [0.717, 1.165) is 25.1 Å². The molecule has 0 bridgehead atoms. The molecule has 1 aliphatic carbocycles. The molecule has 4 nitrogen and oxygen atoms in total. The highest BCUT2D eigenvalue weighted by molar-refractivity contribution is 5.82. The number of piperidine rings is 1. The van der Waals surface area contributed by atoms with Crippen molar-refractivity contribution in [2.24, 2.45) is 5.92 Å². The first-order valence-electron chi connectivity index (χ1n) is 7.95. The van der Waals surface area contributed by atoms with Crippen molar-refractivity contribution in [3.05, 3.63) is 29.8 Å². The topological polar surface area (TPSA) is 50.4 Å². The normalized spacial score (nSPS) is 23.4. The number of rotatable bonds is 5. The standard InChI is InChI=1S/C17H24N2O2/c1-21-14-9-7-13(8-10-14)16(12-5-6-12)19-17(20)15-4-2-3-11-18-15/h7-10,12,15-16,18H,2-6,11H2,1H3,(H,19,20)/t15-,16?/m1/s1. The molecule has 0 radical (unpaired) electrons. The van der Waals surface area contributed by atoms with E-state index in [1.54, 1.807) is 7.11 Å². The van der Waals surface area contributed by atoms with Crippen molar-refractivity contribution >= 4 is 5.91 Å². The van der Waals surface area contributed by atoms with Gasteiger partial charge in [0, 0.05) is 0 Å². The number of carbonyl (C=O) groups is 1. The Balaban J connectivity index is 1.67.